The normalized spacial score (nSPS) is 15.9. The second kappa shape index (κ2) is 6.96. The van der Waals surface area contributed by atoms with E-state index in [1.54, 1.807) is 6.07 Å². The molecular weight excluding hydrogens is 376 g/mol. The number of alkyl halides is 2. The van der Waals surface area contributed by atoms with E-state index in [9.17, 15) is 8.78 Å². The fourth-order valence-corrected chi connectivity index (χ4v) is 3.11. The van der Waals surface area contributed by atoms with Crippen LogP contribution in [0.25, 0.3) is 5.70 Å². The van der Waals surface area contributed by atoms with Crippen molar-refractivity contribution in [3.63, 3.8) is 0 Å². The summed E-state index contributed by atoms with van der Waals surface area (Å²) in [4.78, 5) is 0. The van der Waals surface area contributed by atoms with Crippen LogP contribution in [0.3, 0.4) is 0 Å². The summed E-state index contributed by atoms with van der Waals surface area (Å²) in [5, 5.41) is 15.2. The Labute approximate surface area is 158 Å². The van der Waals surface area contributed by atoms with Crippen molar-refractivity contribution in [2.45, 2.75) is 19.6 Å². The molecule has 4 rings (SSSR count). The maximum absolute atomic E-state index is 12.9. The highest BCUT2D eigenvalue weighted by atomic mass is 35.5. The van der Waals surface area contributed by atoms with Crippen LogP contribution in [0.2, 0.25) is 5.02 Å². The number of nitrogens with zero attached hydrogens (tertiary/aromatic N) is 4. The molecule has 138 valence electrons. The molecule has 0 spiro atoms. The van der Waals surface area contributed by atoms with Gasteiger partial charge in [0.05, 0.1) is 0 Å². The highest BCUT2D eigenvalue weighted by Gasteiger charge is 2.27. The monoisotopic (exact) mass is 389 g/mol. The molecule has 2 aromatic carbocycles. The predicted octanol–water partition coefficient (Wildman–Crippen LogP) is 4.29. The molecule has 0 saturated carbocycles. The number of halogens is 3. The number of anilines is 1. The molecule has 3 aromatic rings. The number of aromatic nitrogens is 4. The van der Waals surface area contributed by atoms with Crippen LogP contribution in [-0.2, 0) is 0 Å². The third kappa shape index (κ3) is 3.48. The zero-order valence-corrected chi connectivity index (χ0v) is 14.9. The number of allylic oxidation sites excluding steroid dienone is 1. The molecule has 27 heavy (non-hydrogen) atoms. The van der Waals surface area contributed by atoms with Gasteiger partial charge in [0.25, 0.3) is 0 Å². The van der Waals surface area contributed by atoms with Gasteiger partial charge in [-0.1, -0.05) is 46.5 Å². The van der Waals surface area contributed by atoms with Crippen molar-refractivity contribution in [1.82, 2.24) is 20.2 Å². The number of hydrogen-bond acceptors (Lipinski definition) is 5. The van der Waals surface area contributed by atoms with Crippen molar-refractivity contribution in [2.24, 2.45) is 0 Å². The summed E-state index contributed by atoms with van der Waals surface area (Å²) in [6.45, 7) is -0.962. The minimum Gasteiger partial charge on any atom is -0.434 e. The van der Waals surface area contributed by atoms with E-state index in [-0.39, 0.29) is 5.75 Å². The summed E-state index contributed by atoms with van der Waals surface area (Å²) in [5.74, 6) is 0.406. The number of fused-ring (bicyclic) bond motifs is 1. The summed E-state index contributed by atoms with van der Waals surface area (Å²) < 4.78 is 31.9. The Kier molecular flexibility index (Phi) is 4.49. The van der Waals surface area contributed by atoms with Crippen LogP contribution in [0.5, 0.6) is 5.75 Å². The first kappa shape index (κ1) is 17.4. The van der Waals surface area contributed by atoms with Crippen LogP contribution in [0.4, 0.5) is 14.7 Å². The van der Waals surface area contributed by atoms with E-state index in [0.29, 0.717) is 16.5 Å². The number of rotatable bonds is 4. The summed E-state index contributed by atoms with van der Waals surface area (Å²) in [7, 11) is 0. The summed E-state index contributed by atoms with van der Waals surface area (Å²) in [6, 6.07) is 11.8. The molecule has 6 nitrogen and oxygen atoms in total. The molecule has 1 N–H and O–H groups in total. The molecule has 0 radical (unpaired) electrons. The maximum atomic E-state index is 12.9. The zero-order chi connectivity index (χ0) is 19.0. The fraction of sp³-hybridized carbons (Fsp3) is 0.167. The third-order valence-corrected chi connectivity index (χ3v) is 4.43. The van der Waals surface area contributed by atoms with E-state index in [0.717, 1.165) is 16.8 Å². The van der Waals surface area contributed by atoms with Crippen molar-refractivity contribution >= 4 is 23.2 Å². The molecule has 0 fully saturated rings. The Morgan fingerprint density at radius 2 is 1.96 bits per heavy atom. The first-order valence-corrected chi connectivity index (χ1v) is 8.47. The maximum Gasteiger partial charge on any atom is 0.387 e. The Morgan fingerprint density at radius 1 is 1.19 bits per heavy atom. The minimum atomic E-state index is -2.96. The average Bonchev–Trinajstić information content (AvgIpc) is 3.11. The van der Waals surface area contributed by atoms with E-state index < -0.39 is 12.7 Å². The first-order chi connectivity index (χ1) is 13.0. The van der Waals surface area contributed by atoms with Gasteiger partial charge in [-0.3, -0.25) is 0 Å². The van der Waals surface area contributed by atoms with Gasteiger partial charge in [-0.2, -0.15) is 13.5 Å². The molecule has 1 aliphatic heterocycles. The number of ether oxygens (including phenoxy) is 1. The SMILES string of the molecule is Cc1ccc(C2=CC(c3cc(Cl)ccc3OC(F)F)n3nnnc3N2)cc1. The van der Waals surface area contributed by atoms with E-state index in [1.165, 1.54) is 16.8 Å². The van der Waals surface area contributed by atoms with E-state index in [1.807, 2.05) is 37.3 Å². The average molecular weight is 390 g/mol. The van der Waals surface area contributed by atoms with Gasteiger partial charge in [-0.25, -0.2) is 0 Å². The summed E-state index contributed by atoms with van der Waals surface area (Å²) >= 11 is 6.10. The van der Waals surface area contributed by atoms with Crippen LogP contribution in [0, 0.1) is 6.92 Å². The van der Waals surface area contributed by atoms with Gasteiger partial charge in [0, 0.05) is 16.3 Å². The lowest BCUT2D eigenvalue weighted by atomic mass is 10.0. The highest BCUT2D eigenvalue weighted by Crippen LogP contribution is 2.37. The van der Waals surface area contributed by atoms with Gasteiger partial charge in [0.15, 0.2) is 0 Å². The van der Waals surface area contributed by atoms with E-state index in [2.05, 4.69) is 25.6 Å². The van der Waals surface area contributed by atoms with Crippen LogP contribution in [0.1, 0.15) is 22.7 Å². The smallest absolute Gasteiger partial charge is 0.387 e. The molecule has 0 bridgehead atoms. The lowest BCUT2D eigenvalue weighted by Crippen LogP contribution is -2.21. The van der Waals surface area contributed by atoms with Crippen LogP contribution in [0.15, 0.2) is 48.5 Å². The lowest BCUT2D eigenvalue weighted by molar-refractivity contribution is -0.0506. The standard InChI is InChI=1S/C18H14ClF2N5O/c1-10-2-4-11(5-3-10)14-9-15(26-18(22-14)23-24-25-26)13-8-12(19)6-7-16(13)27-17(20)21/h2-9,15,17H,1H3,(H,22,23,25). The summed E-state index contributed by atoms with van der Waals surface area (Å²) in [5.41, 5.74) is 3.23. The molecule has 1 aromatic heterocycles. The van der Waals surface area contributed by atoms with Gasteiger partial charge in [-0.15, -0.1) is 0 Å². The van der Waals surface area contributed by atoms with Crippen molar-refractivity contribution in [1.29, 1.82) is 0 Å². The van der Waals surface area contributed by atoms with Gasteiger partial charge in [-0.05, 0) is 47.2 Å². The van der Waals surface area contributed by atoms with Crippen molar-refractivity contribution < 1.29 is 13.5 Å². The number of tetrazole rings is 1. The van der Waals surface area contributed by atoms with Gasteiger partial charge in [0.1, 0.15) is 11.8 Å². The van der Waals surface area contributed by atoms with Crippen LogP contribution < -0.4 is 10.1 Å². The minimum absolute atomic E-state index is 0.0160. The molecule has 1 aliphatic rings. The predicted molar refractivity (Wildman–Crippen MR) is 96.8 cm³/mol. The number of hydrogen-bond donors (Lipinski definition) is 1. The van der Waals surface area contributed by atoms with Crippen molar-refractivity contribution in [3.05, 3.63) is 70.3 Å². The summed E-state index contributed by atoms with van der Waals surface area (Å²) in [6.07, 6.45) is 1.85. The molecular formula is C18H14ClF2N5O. The van der Waals surface area contributed by atoms with Crippen LogP contribution >= 0.6 is 11.6 Å². The molecule has 9 heteroatoms. The molecule has 0 amide bonds. The Morgan fingerprint density at radius 3 is 2.70 bits per heavy atom. The number of benzene rings is 2. The lowest BCUT2D eigenvalue weighted by Gasteiger charge is -2.25. The van der Waals surface area contributed by atoms with Crippen molar-refractivity contribution in [2.75, 3.05) is 5.32 Å². The molecule has 0 saturated heterocycles. The van der Waals surface area contributed by atoms with E-state index >= 15 is 0 Å². The number of nitrogens with one attached hydrogen (secondary N) is 1. The quantitative estimate of drug-likeness (QED) is 0.721. The van der Waals surface area contributed by atoms with Gasteiger partial charge < -0.3 is 10.1 Å². The first-order valence-electron chi connectivity index (χ1n) is 8.09. The molecule has 2 heterocycles. The van der Waals surface area contributed by atoms with Gasteiger partial charge >= 0.3 is 6.61 Å². The second-order valence-electron chi connectivity index (χ2n) is 6.02. The Bertz CT molecular complexity index is 1000. The Hall–Kier alpha value is -3.00. The molecule has 1 atom stereocenters. The molecule has 0 aliphatic carbocycles. The third-order valence-electron chi connectivity index (χ3n) is 4.20. The van der Waals surface area contributed by atoms with Crippen molar-refractivity contribution in [3.8, 4) is 5.75 Å². The van der Waals surface area contributed by atoms with Crippen LogP contribution in [-0.4, -0.2) is 26.8 Å². The largest absolute Gasteiger partial charge is 0.434 e. The van der Waals surface area contributed by atoms with E-state index in [4.69, 9.17) is 11.6 Å². The van der Waals surface area contributed by atoms with Gasteiger partial charge in [0.2, 0.25) is 5.95 Å². The number of aryl methyl sites for hydroxylation is 1. The fourth-order valence-electron chi connectivity index (χ4n) is 2.93. The topological polar surface area (TPSA) is 64.9 Å². The zero-order valence-electron chi connectivity index (χ0n) is 14.1. The second-order valence-corrected chi connectivity index (χ2v) is 6.46. The Balaban J connectivity index is 1.83. The molecule has 1 unspecified atom stereocenters. The highest BCUT2D eigenvalue weighted by molar-refractivity contribution is 6.30.